The Balaban J connectivity index is 1.53. The maximum atomic E-state index is 12.8. The summed E-state index contributed by atoms with van der Waals surface area (Å²) < 4.78 is 2.68. The van der Waals surface area contributed by atoms with Crippen molar-refractivity contribution in [2.24, 2.45) is 0 Å². The van der Waals surface area contributed by atoms with E-state index in [1.807, 2.05) is 79.9 Å². The number of halogens is 1. The van der Waals surface area contributed by atoms with Gasteiger partial charge in [0.05, 0.1) is 5.69 Å². The van der Waals surface area contributed by atoms with Crippen LogP contribution in [0.3, 0.4) is 0 Å². The van der Waals surface area contributed by atoms with Gasteiger partial charge in [-0.05, 0) is 71.4 Å². The molecule has 0 fully saturated rings. The summed E-state index contributed by atoms with van der Waals surface area (Å²) in [5.74, 6) is -0.193. The van der Waals surface area contributed by atoms with Crippen LogP contribution in [0.4, 0.5) is 17.1 Å². The van der Waals surface area contributed by atoms with E-state index in [9.17, 15) is 4.79 Å². The first kappa shape index (κ1) is 17.3. The first-order chi connectivity index (χ1) is 13.1. The largest absolute Gasteiger partial charge is 0.356 e. The van der Waals surface area contributed by atoms with E-state index in [0.29, 0.717) is 11.4 Å². The molecule has 0 spiro atoms. The molecule has 27 heavy (non-hydrogen) atoms. The molecule has 1 amide bonds. The number of para-hydroxylation sites is 1. The number of benzene rings is 2. The second-order valence-corrected chi connectivity index (χ2v) is 7.06. The third-order valence-electron chi connectivity index (χ3n) is 4.18. The Morgan fingerprint density at radius 1 is 0.926 bits per heavy atom. The minimum atomic E-state index is -0.193. The molecule has 4 aromatic rings. The number of carbonyl (C=O) groups excluding carboxylic acids is 1. The minimum Gasteiger partial charge on any atom is -0.356 e. The highest BCUT2D eigenvalue weighted by molar-refractivity contribution is 9.10. The van der Waals surface area contributed by atoms with E-state index in [0.717, 1.165) is 27.2 Å². The molecule has 6 heteroatoms. The number of anilines is 3. The molecule has 0 aliphatic rings. The van der Waals surface area contributed by atoms with Crippen molar-refractivity contribution < 1.29 is 4.79 Å². The van der Waals surface area contributed by atoms with Gasteiger partial charge in [0.2, 0.25) is 0 Å². The zero-order chi connectivity index (χ0) is 18.8. The second kappa shape index (κ2) is 7.25. The molecular weight excluding hydrogens is 404 g/mol. The summed E-state index contributed by atoms with van der Waals surface area (Å²) in [4.78, 5) is 17.2. The highest BCUT2D eigenvalue weighted by Crippen LogP contribution is 2.21. The summed E-state index contributed by atoms with van der Waals surface area (Å²) in [5.41, 5.74) is 4.65. The van der Waals surface area contributed by atoms with Crippen molar-refractivity contribution in [3.63, 3.8) is 0 Å². The van der Waals surface area contributed by atoms with E-state index in [2.05, 4.69) is 31.5 Å². The molecule has 0 atom stereocenters. The number of fused-ring (bicyclic) bond motifs is 1. The molecular formula is C21H17BrN4O. The Morgan fingerprint density at radius 3 is 2.33 bits per heavy atom. The van der Waals surface area contributed by atoms with Crippen molar-refractivity contribution in [2.75, 3.05) is 10.6 Å². The van der Waals surface area contributed by atoms with E-state index in [1.54, 1.807) is 4.40 Å². The average molecular weight is 421 g/mol. The quantitative estimate of drug-likeness (QED) is 0.464. The van der Waals surface area contributed by atoms with Crippen LogP contribution in [0.25, 0.3) is 5.65 Å². The summed E-state index contributed by atoms with van der Waals surface area (Å²) in [6.45, 7) is 1.84. The lowest BCUT2D eigenvalue weighted by Gasteiger charge is -2.09. The molecule has 0 saturated heterocycles. The van der Waals surface area contributed by atoms with Crippen LogP contribution < -0.4 is 10.6 Å². The number of carbonyl (C=O) groups is 1. The van der Waals surface area contributed by atoms with Crippen LogP contribution in [-0.2, 0) is 0 Å². The number of aromatic nitrogens is 2. The molecule has 134 valence electrons. The van der Waals surface area contributed by atoms with Crippen LogP contribution in [0.5, 0.6) is 0 Å². The van der Waals surface area contributed by atoms with Crippen molar-refractivity contribution >= 4 is 44.5 Å². The van der Waals surface area contributed by atoms with E-state index in [1.165, 1.54) is 0 Å². The number of nitrogens with zero attached hydrogens (tertiary/aromatic N) is 2. The molecule has 2 aromatic carbocycles. The second-order valence-electron chi connectivity index (χ2n) is 6.14. The molecule has 5 nitrogen and oxygen atoms in total. The van der Waals surface area contributed by atoms with Gasteiger partial charge in [0.25, 0.3) is 5.91 Å². The Labute approximate surface area is 165 Å². The van der Waals surface area contributed by atoms with Crippen molar-refractivity contribution in [2.45, 2.75) is 6.92 Å². The fourth-order valence-electron chi connectivity index (χ4n) is 2.93. The number of aryl methyl sites for hydroxylation is 1. The van der Waals surface area contributed by atoms with Gasteiger partial charge in [-0.15, -0.1) is 0 Å². The molecule has 0 unspecified atom stereocenters. The maximum absolute atomic E-state index is 12.8. The fraction of sp³-hybridized carbons (Fsp3) is 0.0476. The van der Waals surface area contributed by atoms with Crippen LogP contribution in [-0.4, -0.2) is 15.3 Å². The van der Waals surface area contributed by atoms with Gasteiger partial charge < -0.3 is 10.6 Å². The van der Waals surface area contributed by atoms with Gasteiger partial charge in [-0.3, -0.25) is 9.20 Å². The normalized spacial score (nSPS) is 10.7. The van der Waals surface area contributed by atoms with Crippen LogP contribution >= 0.6 is 15.9 Å². The summed E-state index contributed by atoms with van der Waals surface area (Å²) in [5, 5.41) is 6.26. The molecule has 0 radical (unpaired) electrons. The third kappa shape index (κ3) is 3.71. The monoisotopic (exact) mass is 420 g/mol. The molecule has 4 rings (SSSR count). The molecule has 0 aliphatic heterocycles. The molecule has 2 aromatic heterocycles. The van der Waals surface area contributed by atoms with Gasteiger partial charge in [0.1, 0.15) is 11.3 Å². The van der Waals surface area contributed by atoms with Gasteiger partial charge in [0, 0.05) is 27.7 Å². The smallest absolute Gasteiger partial charge is 0.274 e. The van der Waals surface area contributed by atoms with Crippen LogP contribution in [0, 0.1) is 6.92 Å². The van der Waals surface area contributed by atoms with E-state index in [4.69, 9.17) is 0 Å². The number of amides is 1. The Hall–Kier alpha value is -3.12. The lowest BCUT2D eigenvalue weighted by Crippen LogP contribution is -2.15. The number of hydrogen-bond donors (Lipinski definition) is 2. The number of nitrogens with one attached hydrogen (secondary N) is 2. The van der Waals surface area contributed by atoms with E-state index < -0.39 is 0 Å². The Kier molecular flexibility index (Phi) is 4.64. The molecule has 2 heterocycles. The lowest BCUT2D eigenvalue weighted by atomic mass is 10.2. The number of hydrogen-bond acceptors (Lipinski definition) is 3. The summed E-state index contributed by atoms with van der Waals surface area (Å²) in [6, 6.07) is 21.3. The SMILES string of the molecule is Cc1nc2ccc(Br)cn2c1C(=O)Nc1ccc(Nc2ccccc2)cc1. The van der Waals surface area contributed by atoms with Crippen molar-refractivity contribution in [1.82, 2.24) is 9.38 Å². The van der Waals surface area contributed by atoms with Gasteiger partial charge in [-0.1, -0.05) is 18.2 Å². The molecule has 0 aliphatic carbocycles. The number of pyridine rings is 1. The fourth-order valence-corrected chi connectivity index (χ4v) is 3.26. The summed E-state index contributed by atoms with van der Waals surface area (Å²) in [6.07, 6.45) is 1.84. The lowest BCUT2D eigenvalue weighted by molar-refractivity contribution is 0.102. The van der Waals surface area contributed by atoms with Crippen molar-refractivity contribution in [3.8, 4) is 0 Å². The zero-order valence-corrected chi connectivity index (χ0v) is 16.2. The standard InChI is InChI=1S/C21H17BrN4O/c1-14-20(26-13-15(22)7-12-19(26)23-14)21(27)25-18-10-8-17(9-11-18)24-16-5-3-2-4-6-16/h2-13,24H,1H3,(H,25,27). The molecule has 2 N–H and O–H groups in total. The van der Waals surface area contributed by atoms with E-state index in [-0.39, 0.29) is 5.91 Å². The number of rotatable bonds is 4. The summed E-state index contributed by atoms with van der Waals surface area (Å²) >= 11 is 3.44. The maximum Gasteiger partial charge on any atom is 0.274 e. The Morgan fingerprint density at radius 2 is 1.59 bits per heavy atom. The average Bonchev–Trinajstić information content (AvgIpc) is 2.99. The van der Waals surface area contributed by atoms with Gasteiger partial charge in [-0.25, -0.2) is 4.98 Å². The predicted octanol–water partition coefficient (Wildman–Crippen LogP) is 5.40. The first-order valence-electron chi connectivity index (χ1n) is 8.48. The number of imidazole rings is 1. The predicted molar refractivity (Wildman–Crippen MR) is 112 cm³/mol. The van der Waals surface area contributed by atoms with Crippen molar-refractivity contribution in [3.05, 3.63) is 88.8 Å². The first-order valence-corrected chi connectivity index (χ1v) is 9.27. The van der Waals surface area contributed by atoms with Crippen molar-refractivity contribution in [1.29, 1.82) is 0 Å². The minimum absolute atomic E-state index is 0.193. The van der Waals surface area contributed by atoms with Crippen LogP contribution in [0.2, 0.25) is 0 Å². The third-order valence-corrected chi connectivity index (χ3v) is 4.65. The van der Waals surface area contributed by atoms with E-state index >= 15 is 0 Å². The van der Waals surface area contributed by atoms with Gasteiger partial charge in [-0.2, -0.15) is 0 Å². The zero-order valence-electron chi connectivity index (χ0n) is 14.6. The molecule has 0 bridgehead atoms. The van der Waals surface area contributed by atoms with Crippen LogP contribution in [0.15, 0.2) is 77.4 Å². The highest BCUT2D eigenvalue weighted by Gasteiger charge is 2.17. The molecule has 0 saturated carbocycles. The highest BCUT2D eigenvalue weighted by atomic mass is 79.9. The van der Waals surface area contributed by atoms with Gasteiger partial charge >= 0.3 is 0 Å². The van der Waals surface area contributed by atoms with Gasteiger partial charge in [0.15, 0.2) is 0 Å². The summed E-state index contributed by atoms with van der Waals surface area (Å²) in [7, 11) is 0. The van der Waals surface area contributed by atoms with Crippen LogP contribution in [0.1, 0.15) is 16.2 Å². The Bertz CT molecular complexity index is 1100. The topological polar surface area (TPSA) is 58.4 Å².